The molecule has 0 spiro atoms. The molecule has 2 nitrogen and oxygen atoms in total. The Morgan fingerprint density at radius 3 is 2.94 bits per heavy atom. The van der Waals surface area contributed by atoms with Crippen molar-refractivity contribution >= 4 is 41.2 Å². The molecule has 2 heterocycles. The zero-order valence-corrected chi connectivity index (χ0v) is 11.0. The van der Waals surface area contributed by atoms with E-state index in [1.54, 1.807) is 17.4 Å². The van der Waals surface area contributed by atoms with Crippen molar-refractivity contribution in [3.8, 4) is 0 Å². The third-order valence-corrected chi connectivity index (χ3v) is 4.34. The largest absolute Gasteiger partial charge is 0.351 e. The van der Waals surface area contributed by atoms with Gasteiger partial charge in [-0.15, -0.1) is 35.3 Å². The van der Waals surface area contributed by atoms with Gasteiger partial charge in [-0.05, 0) is 23.9 Å². The van der Waals surface area contributed by atoms with Gasteiger partial charge in [0.2, 0.25) is 0 Å². The van der Waals surface area contributed by atoms with Crippen molar-refractivity contribution in [2.24, 2.45) is 0 Å². The molecule has 0 fully saturated rings. The molecule has 0 radical (unpaired) electrons. The Balaban J connectivity index is 1.80. The van der Waals surface area contributed by atoms with E-state index in [1.807, 2.05) is 16.8 Å². The number of rotatable bonds is 4. The predicted molar refractivity (Wildman–Crippen MR) is 71.9 cm³/mol. The Hall–Kier alpha value is -0.780. The fourth-order valence-corrected chi connectivity index (χ4v) is 3.06. The van der Waals surface area contributed by atoms with Gasteiger partial charge in [-0.1, -0.05) is 6.07 Å². The summed E-state index contributed by atoms with van der Waals surface area (Å²) in [6.07, 6.45) is 0.891. The predicted octanol–water partition coefficient (Wildman–Crippen LogP) is 3.07. The SMILES string of the molecule is O=C(NCCc1cccs1)c1cc(S)cs1. The second-order valence-electron chi connectivity index (χ2n) is 3.25. The molecule has 0 saturated heterocycles. The Kier molecular flexibility index (Phi) is 4.04. The van der Waals surface area contributed by atoms with E-state index in [9.17, 15) is 4.79 Å². The average Bonchev–Trinajstić information content (AvgIpc) is 2.89. The summed E-state index contributed by atoms with van der Waals surface area (Å²) in [5.74, 6) is -0.0122. The number of carbonyl (C=O) groups is 1. The van der Waals surface area contributed by atoms with Crippen LogP contribution < -0.4 is 5.32 Å². The van der Waals surface area contributed by atoms with Crippen LogP contribution in [0.1, 0.15) is 14.5 Å². The molecule has 2 aromatic rings. The summed E-state index contributed by atoms with van der Waals surface area (Å²) in [6.45, 7) is 0.680. The highest BCUT2D eigenvalue weighted by atomic mass is 32.1. The first-order valence-electron chi connectivity index (χ1n) is 4.84. The van der Waals surface area contributed by atoms with Gasteiger partial charge < -0.3 is 5.32 Å². The first-order chi connectivity index (χ1) is 7.75. The number of carbonyl (C=O) groups excluding carboxylic acids is 1. The Morgan fingerprint density at radius 1 is 1.44 bits per heavy atom. The Morgan fingerprint density at radius 2 is 2.31 bits per heavy atom. The number of hydrogen-bond acceptors (Lipinski definition) is 4. The van der Waals surface area contributed by atoms with Crippen molar-refractivity contribution in [3.05, 3.63) is 38.7 Å². The molecule has 16 heavy (non-hydrogen) atoms. The number of amides is 1. The maximum Gasteiger partial charge on any atom is 0.261 e. The molecule has 0 aromatic carbocycles. The number of hydrogen-bond donors (Lipinski definition) is 2. The lowest BCUT2D eigenvalue weighted by molar-refractivity contribution is 0.0958. The highest BCUT2D eigenvalue weighted by Gasteiger charge is 2.07. The Bertz CT molecular complexity index is 461. The Labute approximate surface area is 108 Å². The molecule has 1 amide bonds. The number of thiophene rings is 2. The van der Waals surface area contributed by atoms with Gasteiger partial charge >= 0.3 is 0 Å². The van der Waals surface area contributed by atoms with Gasteiger partial charge in [-0.3, -0.25) is 4.79 Å². The van der Waals surface area contributed by atoms with Crippen LogP contribution in [0.5, 0.6) is 0 Å². The first-order valence-corrected chi connectivity index (χ1v) is 7.04. The van der Waals surface area contributed by atoms with Crippen molar-refractivity contribution in [2.45, 2.75) is 11.3 Å². The maximum atomic E-state index is 11.7. The summed E-state index contributed by atoms with van der Waals surface area (Å²) >= 11 is 7.30. The van der Waals surface area contributed by atoms with E-state index in [0.717, 1.165) is 16.2 Å². The monoisotopic (exact) mass is 269 g/mol. The normalized spacial score (nSPS) is 10.3. The van der Waals surface area contributed by atoms with Gasteiger partial charge in [0.15, 0.2) is 0 Å². The van der Waals surface area contributed by atoms with E-state index in [4.69, 9.17) is 0 Å². The van der Waals surface area contributed by atoms with Gasteiger partial charge in [-0.25, -0.2) is 0 Å². The fraction of sp³-hybridized carbons (Fsp3) is 0.182. The van der Waals surface area contributed by atoms with E-state index in [1.165, 1.54) is 16.2 Å². The third kappa shape index (κ3) is 3.10. The molecule has 0 unspecified atom stereocenters. The molecule has 1 N–H and O–H groups in total. The maximum absolute atomic E-state index is 11.7. The summed E-state index contributed by atoms with van der Waals surface area (Å²) in [7, 11) is 0. The topological polar surface area (TPSA) is 29.1 Å². The minimum atomic E-state index is -0.0122. The molecule has 0 aliphatic rings. The van der Waals surface area contributed by atoms with Crippen molar-refractivity contribution in [1.29, 1.82) is 0 Å². The quantitative estimate of drug-likeness (QED) is 0.821. The smallest absolute Gasteiger partial charge is 0.261 e. The standard InChI is InChI=1S/C11H11NOS3/c13-11(10-6-8(14)7-16-10)12-4-3-9-2-1-5-15-9/h1-2,5-7,14H,3-4H2,(H,12,13). The minimum Gasteiger partial charge on any atom is -0.351 e. The van der Waals surface area contributed by atoms with Gasteiger partial charge in [0.25, 0.3) is 5.91 Å². The second kappa shape index (κ2) is 5.52. The van der Waals surface area contributed by atoms with Crippen LogP contribution in [0, 0.1) is 0 Å². The molecule has 0 saturated carbocycles. The zero-order valence-electron chi connectivity index (χ0n) is 8.47. The number of thiol groups is 1. The second-order valence-corrected chi connectivity index (χ2v) is 5.71. The van der Waals surface area contributed by atoms with E-state index in [0.29, 0.717) is 6.54 Å². The van der Waals surface area contributed by atoms with Crippen molar-refractivity contribution in [3.63, 3.8) is 0 Å². The molecule has 2 rings (SSSR count). The molecule has 5 heteroatoms. The van der Waals surface area contributed by atoms with Crippen LogP contribution in [0.2, 0.25) is 0 Å². The lowest BCUT2D eigenvalue weighted by atomic mass is 10.3. The summed E-state index contributed by atoms with van der Waals surface area (Å²) in [5, 5.41) is 6.80. The highest BCUT2D eigenvalue weighted by molar-refractivity contribution is 7.80. The third-order valence-electron chi connectivity index (χ3n) is 2.05. The van der Waals surface area contributed by atoms with Gasteiger partial charge in [0.1, 0.15) is 0 Å². The van der Waals surface area contributed by atoms with Crippen molar-refractivity contribution < 1.29 is 4.79 Å². The van der Waals surface area contributed by atoms with Gasteiger partial charge in [-0.2, -0.15) is 0 Å². The van der Waals surface area contributed by atoms with E-state index in [2.05, 4.69) is 24.0 Å². The summed E-state index contributed by atoms with van der Waals surface area (Å²) in [5.41, 5.74) is 0. The lowest BCUT2D eigenvalue weighted by Gasteiger charge is -2.01. The first kappa shape index (κ1) is 11.7. The highest BCUT2D eigenvalue weighted by Crippen LogP contribution is 2.17. The lowest BCUT2D eigenvalue weighted by Crippen LogP contribution is -2.24. The molecule has 0 atom stereocenters. The molecule has 2 aromatic heterocycles. The van der Waals surface area contributed by atoms with Gasteiger partial charge in [0, 0.05) is 21.7 Å². The summed E-state index contributed by atoms with van der Waals surface area (Å²) in [4.78, 5) is 14.5. The molecule has 0 aliphatic heterocycles. The molecule has 0 bridgehead atoms. The summed E-state index contributed by atoms with van der Waals surface area (Å²) in [6, 6.07) is 5.89. The molecule has 0 aliphatic carbocycles. The molecular formula is C11H11NOS3. The van der Waals surface area contributed by atoms with Crippen LogP contribution >= 0.6 is 35.3 Å². The van der Waals surface area contributed by atoms with Gasteiger partial charge in [0.05, 0.1) is 4.88 Å². The van der Waals surface area contributed by atoms with Crippen LogP contribution in [0.3, 0.4) is 0 Å². The van der Waals surface area contributed by atoms with Crippen molar-refractivity contribution in [1.82, 2.24) is 5.32 Å². The van der Waals surface area contributed by atoms with E-state index < -0.39 is 0 Å². The van der Waals surface area contributed by atoms with Crippen LogP contribution in [-0.2, 0) is 6.42 Å². The van der Waals surface area contributed by atoms with Crippen LogP contribution in [0.15, 0.2) is 33.9 Å². The van der Waals surface area contributed by atoms with E-state index >= 15 is 0 Å². The number of nitrogens with one attached hydrogen (secondary N) is 1. The van der Waals surface area contributed by atoms with Crippen molar-refractivity contribution in [2.75, 3.05) is 6.54 Å². The van der Waals surface area contributed by atoms with Crippen LogP contribution in [0.25, 0.3) is 0 Å². The summed E-state index contributed by atoms with van der Waals surface area (Å²) < 4.78 is 0. The average molecular weight is 269 g/mol. The van der Waals surface area contributed by atoms with Crippen LogP contribution in [0.4, 0.5) is 0 Å². The van der Waals surface area contributed by atoms with Crippen LogP contribution in [-0.4, -0.2) is 12.5 Å². The fourth-order valence-electron chi connectivity index (χ4n) is 1.29. The zero-order chi connectivity index (χ0) is 11.4. The molecular weight excluding hydrogens is 258 g/mol. The molecule has 84 valence electrons. The van der Waals surface area contributed by atoms with E-state index in [-0.39, 0.29) is 5.91 Å². The minimum absolute atomic E-state index is 0.0122.